The molecule has 0 radical (unpaired) electrons. The molecule has 3 rings (SSSR count). The Balaban J connectivity index is 1.74. The smallest absolute Gasteiger partial charge is 0.160 e. The van der Waals surface area contributed by atoms with E-state index >= 15 is 0 Å². The van der Waals surface area contributed by atoms with Crippen molar-refractivity contribution in [3.63, 3.8) is 0 Å². The third-order valence-corrected chi connectivity index (χ3v) is 6.94. The molecule has 0 amide bonds. The number of nitrogens with zero attached hydrogens (tertiary/aromatic N) is 3. The molecule has 1 N–H and O–H groups in total. The molecule has 0 aliphatic carbocycles. The standard InChI is InChI=1S/C29H43N3O/c1-6-22(4)9-10-24(17-21(2)3)19-26-18-23(5)31-29(28(33)20-30-26)25-11-13-27(14-12-25)32-15-7-8-16-32/h11-14,18,20-22,24,33H,6-10,15-17,19H2,1-5H3/b23-18?,26-18-,28-20?,29-28+,30-20-,30-26?,31-23-,31-29?. The third kappa shape index (κ3) is 7.58. The molecule has 0 bridgehead atoms. The minimum atomic E-state index is 0.133. The van der Waals surface area contributed by atoms with Crippen molar-refractivity contribution in [2.24, 2.45) is 27.7 Å². The van der Waals surface area contributed by atoms with E-state index in [0.29, 0.717) is 17.5 Å². The van der Waals surface area contributed by atoms with Crippen LogP contribution in [0.2, 0.25) is 0 Å². The van der Waals surface area contributed by atoms with Crippen LogP contribution in [0.5, 0.6) is 0 Å². The van der Waals surface area contributed by atoms with Gasteiger partial charge in [0.15, 0.2) is 5.76 Å². The van der Waals surface area contributed by atoms with Crippen LogP contribution in [0.4, 0.5) is 5.69 Å². The van der Waals surface area contributed by atoms with Crippen molar-refractivity contribution in [1.82, 2.24) is 0 Å². The van der Waals surface area contributed by atoms with Crippen molar-refractivity contribution in [3.8, 4) is 0 Å². The summed E-state index contributed by atoms with van der Waals surface area (Å²) < 4.78 is 0. The molecule has 4 nitrogen and oxygen atoms in total. The first-order valence-electron chi connectivity index (χ1n) is 12.9. The average molecular weight is 450 g/mol. The Hall–Kier alpha value is -2.36. The summed E-state index contributed by atoms with van der Waals surface area (Å²) in [5.74, 6) is 2.18. The van der Waals surface area contributed by atoms with Crippen LogP contribution in [0.1, 0.15) is 85.1 Å². The van der Waals surface area contributed by atoms with Crippen molar-refractivity contribution in [2.45, 2.75) is 79.6 Å². The molecule has 0 saturated carbocycles. The van der Waals surface area contributed by atoms with Gasteiger partial charge in [-0.15, -0.1) is 0 Å². The zero-order valence-electron chi connectivity index (χ0n) is 21.3. The van der Waals surface area contributed by atoms with E-state index in [1.54, 1.807) is 6.21 Å². The molecule has 2 aliphatic rings. The predicted molar refractivity (Wildman–Crippen MR) is 143 cm³/mol. The Morgan fingerprint density at radius 2 is 1.73 bits per heavy atom. The van der Waals surface area contributed by atoms with Gasteiger partial charge >= 0.3 is 0 Å². The molecule has 0 spiro atoms. The van der Waals surface area contributed by atoms with Gasteiger partial charge in [0, 0.05) is 35.7 Å². The van der Waals surface area contributed by atoms with E-state index in [1.807, 2.05) is 6.92 Å². The number of allylic oxidation sites excluding steroid dienone is 3. The van der Waals surface area contributed by atoms with Gasteiger partial charge in [-0.2, -0.15) is 0 Å². The van der Waals surface area contributed by atoms with Crippen LogP contribution in [-0.4, -0.2) is 30.1 Å². The average Bonchev–Trinajstić information content (AvgIpc) is 3.33. The van der Waals surface area contributed by atoms with Gasteiger partial charge in [0.1, 0.15) is 5.70 Å². The fraction of sp³-hybridized carbons (Fsp3) is 0.586. The van der Waals surface area contributed by atoms with Gasteiger partial charge in [0.25, 0.3) is 0 Å². The molecule has 1 saturated heterocycles. The van der Waals surface area contributed by atoms with E-state index in [2.05, 4.69) is 62.9 Å². The Morgan fingerprint density at radius 1 is 1.03 bits per heavy atom. The van der Waals surface area contributed by atoms with Gasteiger partial charge in [0.05, 0.1) is 6.21 Å². The first-order chi connectivity index (χ1) is 15.9. The maximum atomic E-state index is 10.8. The number of aliphatic imine (C=N–C) groups is 2. The number of aliphatic hydroxyl groups is 1. The Bertz CT molecular complexity index is 886. The summed E-state index contributed by atoms with van der Waals surface area (Å²) in [5, 5.41) is 10.8. The summed E-state index contributed by atoms with van der Waals surface area (Å²) in [6.07, 6.45) is 12.1. The van der Waals surface area contributed by atoms with Gasteiger partial charge < -0.3 is 10.0 Å². The lowest BCUT2D eigenvalue weighted by Crippen LogP contribution is -2.17. The van der Waals surface area contributed by atoms with E-state index in [0.717, 1.165) is 42.4 Å². The summed E-state index contributed by atoms with van der Waals surface area (Å²) in [7, 11) is 0. The van der Waals surface area contributed by atoms with Gasteiger partial charge in [-0.25, -0.2) is 4.99 Å². The van der Waals surface area contributed by atoms with Crippen LogP contribution in [0.15, 0.2) is 51.8 Å². The maximum absolute atomic E-state index is 10.8. The molecule has 33 heavy (non-hydrogen) atoms. The SMILES string of the molecule is CCC(C)CCC(CC1=C/C(C)=N\C(c2ccc(N3CCCC3)cc2)=C(O)/C=N\1)CC(C)C. The van der Waals surface area contributed by atoms with Crippen LogP contribution < -0.4 is 4.90 Å². The van der Waals surface area contributed by atoms with Crippen molar-refractivity contribution < 1.29 is 5.11 Å². The number of hydrogen-bond donors (Lipinski definition) is 1. The van der Waals surface area contributed by atoms with E-state index in [-0.39, 0.29) is 5.76 Å². The minimum absolute atomic E-state index is 0.133. The highest BCUT2D eigenvalue weighted by atomic mass is 16.3. The Kier molecular flexibility index (Phi) is 9.34. The van der Waals surface area contributed by atoms with E-state index in [9.17, 15) is 5.11 Å². The van der Waals surface area contributed by atoms with Gasteiger partial charge in [-0.1, -0.05) is 52.7 Å². The third-order valence-electron chi connectivity index (χ3n) is 6.94. The van der Waals surface area contributed by atoms with Crippen LogP contribution in [0, 0.1) is 17.8 Å². The fourth-order valence-corrected chi connectivity index (χ4v) is 4.87. The highest BCUT2D eigenvalue weighted by Gasteiger charge is 2.17. The number of rotatable bonds is 10. The van der Waals surface area contributed by atoms with Gasteiger partial charge in [-0.05, 0) is 75.0 Å². The van der Waals surface area contributed by atoms with Crippen molar-refractivity contribution in [3.05, 3.63) is 47.4 Å². The first kappa shape index (κ1) is 25.3. The first-order valence-corrected chi connectivity index (χ1v) is 12.9. The molecule has 2 aliphatic heterocycles. The summed E-state index contributed by atoms with van der Waals surface area (Å²) in [6.45, 7) is 13.5. The summed E-state index contributed by atoms with van der Waals surface area (Å²) >= 11 is 0. The molecule has 0 aromatic heterocycles. The van der Waals surface area contributed by atoms with Crippen molar-refractivity contribution in [1.29, 1.82) is 0 Å². The maximum Gasteiger partial charge on any atom is 0.160 e. The van der Waals surface area contributed by atoms with E-state index in [4.69, 9.17) is 9.98 Å². The van der Waals surface area contributed by atoms with Crippen LogP contribution in [0.25, 0.3) is 5.70 Å². The summed E-state index contributed by atoms with van der Waals surface area (Å²) in [5.41, 5.74) is 4.66. The monoisotopic (exact) mass is 449 g/mol. The fourth-order valence-electron chi connectivity index (χ4n) is 4.87. The number of benzene rings is 1. The molecule has 1 fully saturated rings. The molecule has 1 aromatic carbocycles. The molecular weight excluding hydrogens is 406 g/mol. The highest BCUT2D eigenvalue weighted by molar-refractivity contribution is 6.01. The van der Waals surface area contributed by atoms with Crippen molar-refractivity contribution in [2.75, 3.05) is 18.0 Å². The lowest BCUT2D eigenvalue weighted by Gasteiger charge is -2.21. The highest BCUT2D eigenvalue weighted by Crippen LogP contribution is 2.29. The quantitative estimate of drug-likeness (QED) is 0.396. The van der Waals surface area contributed by atoms with E-state index in [1.165, 1.54) is 44.2 Å². The summed E-state index contributed by atoms with van der Waals surface area (Å²) in [6, 6.07) is 8.39. The normalized spacial score (nSPS) is 25.1. The second kappa shape index (κ2) is 12.2. The van der Waals surface area contributed by atoms with Gasteiger partial charge in [0.2, 0.25) is 0 Å². The van der Waals surface area contributed by atoms with Crippen molar-refractivity contribution >= 4 is 23.3 Å². The minimum Gasteiger partial charge on any atom is -0.504 e. The number of anilines is 1. The lowest BCUT2D eigenvalue weighted by atomic mass is 9.86. The molecule has 2 atom stereocenters. The van der Waals surface area contributed by atoms with E-state index < -0.39 is 0 Å². The lowest BCUT2D eigenvalue weighted by molar-refractivity contribution is 0.343. The molecule has 2 unspecified atom stereocenters. The van der Waals surface area contributed by atoms with Crippen LogP contribution in [-0.2, 0) is 0 Å². The largest absolute Gasteiger partial charge is 0.504 e. The predicted octanol–water partition coefficient (Wildman–Crippen LogP) is 7.82. The molecule has 2 heterocycles. The number of aliphatic hydroxyl groups excluding tert-OH is 1. The summed E-state index contributed by atoms with van der Waals surface area (Å²) in [4.78, 5) is 11.9. The molecule has 180 valence electrons. The molecule has 4 heteroatoms. The molecule has 1 aromatic rings. The van der Waals surface area contributed by atoms with Crippen LogP contribution >= 0.6 is 0 Å². The zero-order valence-corrected chi connectivity index (χ0v) is 21.3. The van der Waals surface area contributed by atoms with Crippen LogP contribution in [0.3, 0.4) is 0 Å². The molecular formula is C29H43N3O. The zero-order chi connectivity index (χ0) is 23.8. The number of hydrogen-bond acceptors (Lipinski definition) is 4. The topological polar surface area (TPSA) is 48.2 Å². The Morgan fingerprint density at radius 3 is 2.36 bits per heavy atom. The van der Waals surface area contributed by atoms with Gasteiger partial charge in [-0.3, -0.25) is 4.99 Å². The Labute approximate surface area is 201 Å². The second-order valence-corrected chi connectivity index (χ2v) is 10.4. The second-order valence-electron chi connectivity index (χ2n) is 10.4.